The summed E-state index contributed by atoms with van der Waals surface area (Å²) < 4.78 is 11.1. The molecule has 1 saturated heterocycles. The number of hydrogen-bond acceptors (Lipinski definition) is 6. The average molecular weight is 444 g/mol. The van der Waals surface area contributed by atoms with Crippen molar-refractivity contribution in [2.45, 2.75) is 19.5 Å². The maximum Gasteiger partial charge on any atom is 0.296 e. The lowest BCUT2D eigenvalue weighted by Crippen LogP contribution is -2.29. The Labute approximate surface area is 191 Å². The summed E-state index contributed by atoms with van der Waals surface area (Å²) in [7, 11) is 1.95. The van der Waals surface area contributed by atoms with Crippen LogP contribution in [0.4, 0.5) is 5.69 Å². The molecule has 3 aromatic rings. The lowest BCUT2D eigenvalue weighted by atomic mass is 9.92. The highest BCUT2D eigenvalue weighted by molar-refractivity contribution is 6.46. The number of anilines is 1. The Balaban J connectivity index is 1.66. The van der Waals surface area contributed by atoms with E-state index in [4.69, 9.17) is 9.15 Å². The monoisotopic (exact) mass is 444 g/mol. The molecule has 168 valence electrons. The number of aliphatic hydroxyl groups excluding tert-OH is 1. The zero-order valence-electron chi connectivity index (χ0n) is 18.4. The van der Waals surface area contributed by atoms with Crippen LogP contribution in [0.3, 0.4) is 0 Å². The minimum absolute atomic E-state index is 0.0696. The third-order valence-electron chi connectivity index (χ3n) is 6.26. The number of fused-ring (bicyclic) bond motifs is 1. The van der Waals surface area contributed by atoms with Gasteiger partial charge in [0.15, 0.2) is 0 Å². The van der Waals surface area contributed by atoms with Gasteiger partial charge in [0.05, 0.1) is 36.7 Å². The molecule has 3 heterocycles. The topological polar surface area (TPSA) is 83.2 Å². The van der Waals surface area contributed by atoms with E-state index in [2.05, 4.69) is 0 Å². The molecule has 7 heteroatoms. The molecule has 1 amide bonds. The second kappa shape index (κ2) is 8.16. The van der Waals surface area contributed by atoms with E-state index >= 15 is 0 Å². The lowest BCUT2D eigenvalue weighted by Gasteiger charge is -2.28. The average Bonchev–Trinajstić information content (AvgIpc) is 3.42. The Kier molecular flexibility index (Phi) is 5.17. The Morgan fingerprint density at radius 3 is 2.70 bits per heavy atom. The van der Waals surface area contributed by atoms with Crippen LogP contribution < -0.4 is 9.64 Å². The lowest BCUT2D eigenvalue weighted by molar-refractivity contribution is -0.140. The summed E-state index contributed by atoms with van der Waals surface area (Å²) in [6, 6.07) is 15.6. The van der Waals surface area contributed by atoms with E-state index in [-0.39, 0.29) is 17.9 Å². The largest absolute Gasteiger partial charge is 0.507 e. The predicted octanol–water partition coefficient (Wildman–Crippen LogP) is 4.04. The van der Waals surface area contributed by atoms with Gasteiger partial charge in [-0.15, -0.1) is 0 Å². The molecule has 5 rings (SSSR count). The van der Waals surface area contributed by atoms with E-state index in [0.29, 0.717) is 30.2 Å². The number of ketones is 1. The number of rotatable bonds is 4. The number of nitrogens with zero attached hydrogens (tertiary/aromatic N) is 2. The third kappa shape index (κ3) is 3.55. The van der Waals surface area contributed by atoms with Crippen molar-refractivity contribution in [3.63, 3.8) is 0 Å². The van der Waals surface area contributed by atoms with Gasteiger partial charge in [-0.3, -0.25) is 9.59 Å². The van der Waals surface area contributed by atoms with E-state index in [1.165, 1.54) is 11.2 Å². The molecule has 0 saturated carbocycles. The first-order valence-corrected chi connectivity index (χ1v) is 10.8. The highest BCUT2D eigenvalue weighted by atomic mass is 16.5. The second-order valence-corrected chi connectivity index (χ2v) is 8.32. The number of carbonyl (C=O) groups is 2. The predicted molar refractivity (Wildman–Crippen MR) is 123 cm³/mol. The molecule has 2 aliphatic heterocycles. The molecular weight excluding hydrogens is 420 g/mol. The molecule has 1 N–H and O–H groups in total. The smallest absolute Gasteiger partial charge is 0.296 e. The highest BCUT2D eigenvalue weighted by Crippen LogP contribution is 2.42. The van der Waals surface area contributed by atoms with Crippen molar-refractivity contribution < 1.29 is 23.8 Å². The highest BCUT2D eigenvalue weighted by Gasteiger charge is 2.46. The Bertz CT molecular complexity index is 1260. The van der Waals surface area contributed by atoms with Gasteiger partial charge in [-0.05, 0) is 48.4 Å². The fraction of sp³-hybridized carbons (Fsp3) is 0.231. The van der Waals surface area contributed by atoms with Crippen LogP contribution in [0.15, 0.2) is 70.9 Å². The zero-order chi connectivity index (χ0) is 23.1. The van der Waals surface area contributed by atoms with Gasteiger partial charge in [0.25, 0.3) is 11.7 Å². The molecular formula is C26H24N2O5. The molecule has 1 fully saturated rings. The van der Waals surface area contributed by atoms with E-state index < -0.39 is 17.7 Å². The Hall–Kier alpha value is -4.00. The van der Waals surface area contributed by atoms with Gasteiger partial charge >= 0.3 is 0 Å². The Morgan fingerprint density at radius 1 is 1.12 bits per heavy atom. The summed E-state index contributed by atoms with van der Waals surface area (Å²) >= 11 is 0. The molecule has 7 nitrogen and oxygen atoms in total. The third-order valence-corrected chi connectivity index (χ3v) is 6.26. The maximum atomic E-state index is 13.2. The van der Waals surface area contributed by atoms with E-state index in [1.807, 2.05) is 43.1 Å². The number of hydrogen-bond donors (Lipinski definition) is 1. The van der Waals surface area contributed by atoms with Crippen LogP contribution in [0, 0.1) is 6.92 Å². The van der Waals surface area contributed by atoms with Crippen LogP contribution in [0.1, 0.15) is 28.5 Å². The summed E-state index contributed by atoms with van der Waals surface area (Å²) in [5.41, 5.74) is 3.05. The number of benzene rings is 2. The molecule has 0 spiro atoms. The van der Waals surface area contributed by atoms with Gasteiger partial charge in [0.1, 0.15) is 23.9 Å². The number of aryl methyl sites for hydroxylation is 1. The minimum Gasteiger partial charge on any atom is -0.507 e. The summed E-state index contributed by atoms with van der Waals surface area (Å²) in [6.07, 6.45) is 1.53. The second-order valence-electron chi connectivity index (χ2n) is 8.32. The van der Waals surface area contributed by atoms with Gasteiger partial charge in [-0.25, -0.2) is 0 Å². The van der Waals surface area contributed by atoms with Crippen molar-refractivity contribution in [3.05, 3.63) is 88.9 Å². The number of amides is 1. The number of furan rings is 1. The summed E-state index contributed by atoms with van der Waals surface area (Å²) in [6.45, 7) is 3.34. The molecule has 1 atom stereocenters. The molecule has 0 radical (unpaired) electrons. The van der Waals surface area contributed by atoms with Crippen molar-refractivity contribution in [1.82, 2.24) is 4.90 Å². The fourth-order valence-electron chi connectivity index (χ4n) is 4.48. The molecule has 2 aliphatic rings. The molecule has 1 unspecified atom stereocenters. The molecule has 33 heavy (non-hydrogen) atoms. The normalized spacial score (nSPS) is 19.5. The number of ether oxygens (including phenoxy) is 1. The number of Topliss-reactive ketones (excluding diaryl/α,β-unsaturated/α-hetero) is 1. The number of carbonyl (C=O) groups excluding carboxylic acids is 2. The van der Waals surface area contributed by atoms with Crippen LogP contribution in [0.5, 0.6) is 5.75 Å². The van der Waals surface area contributed by atoms with E-state index in [1.54, 1.807) is 30.3 Å². The van der Waals surface area contributed by atoms with Gasteiger partial charge in [-0.1, -0.05) is 24.3 Å². The summed E-state index contributed by atoms with van der Waals surface area (Å²) in [5.74, 6) is -0.309. The van der Waals surface area contributed by atoms with Crippen LogP contribution in [-0.4, -0.2) is 41.9 Å². The first-order chi connectivity index (χ1) is 16.0. The first kappa shape index (κ1) is 20.9. The number of likely N-dealkylation sites (tertiary alicyclic amines) is 1. The summed E-state index contributed by atoms with van der Waals surface area (Å²) in [4.78, 5) is 29.8. The minimum atomic E-state index is -0.735. The Morgan fingerprint density at radius 2 is 1.94 bits per heavy atom. The maximum absolute atomic E-state index is 13.2. The van der Waals surface area contributed by atoms with Gasteiger partial charge in [0.2, 0.25) is 0 Å². The standard InChI is InChI=1S/C26H24N2O5/c1-16-6-3-4-8-19(16)23-22(25(30)26(31)28(23)15-18-7-5-12-32-18)24(29)17-9-10-21-20(14-17)27(2)11-13-33-21/h3-10,12,14,23,29H,11,13,15H2,1-2H3/b24-22+. The van der Waals surface area contributed by atoms with Crippen LogP contribution in [-0.2, 0) is 16.1 Å². The van der Waals surface area contributed by atoms with Gasteiger partial charge in [0, 0.05) is 12.6 Å². The van der Waals surface area contributed by atoms with Gasteiger partial charge in [-0.2, -0.15) is 0 Å². The SMILES string of the molecule is Cc1ccccc1C1/C(=C(\O)c2ccc3c(c2)N(C)CCO3)C(=O)C(=O)N1Cc1ccco1. The van der Waals surface area contributed by atoms with Crippen molar-refractivity contribution in [2.24, 2.45) is 0 Å². The van der Waals surface area contributed by atoms with Crippen molar-refractivity contribution in [3.8, 4) is 5.75 Å². The first-order valence-electron chi connectivity index (χ1n) is 10.8. The van der Waals surface area contributed by atoms with Crippen LogP contribution in [0.25, 0.3) is 5.76 Å². The molecule has 1 aromatic heterocycles. The number of aliphatic hydroxyl groups is 1. The fourth-order valence-corrected chi connectivity index (χ4v) is 4.48. The molecule has 0 bridgehead atoms. The van der Waals surface area contributed by atoms with Crippen molar-refractivity contribution in [1.29, 1.82) is 0 Å². The molecule has 2 aromatic carbocycles. The van der Waals surface area contributed by atoms with Crippen LogP contribution in [0.2, 0.25) is 0 Å². The van der Waals surface area contributed by atoms with Gasteiger partial charge < -0.3 is 24.1 Å². The van der Waals surface area contributed by atoms with Crippen LogP contribution >= 0.6 is 0 Å². The van der Waals surface area contributed by atoms with E-state index in [0.717, 1.165) is 16.8 Å². The van der Waals surface area contributed by atoms with E-state index in [9.17, 15) is 14.7 Å². The molecule has 0 aliphatic carbocycles. The number of likely N-dealkylation sites (N-methyl/N-ethyl adjacent to an activating group) is 1. The van der Waals surface area contributed by atoms with Crippen molar-refractivity contribution in [2.75, 3.05) is 25.1 Å². The zero-order valence-corrected chi connectivity index (χ0v) is 18.4. The summed E-state index contributed by atoms with van der Waals surface area (Å²) in [5, 5.41) is 11.4. The quantitative estimate of drug-likeness (QED) is 0.372. The van der Waals surface area contributed by atoms with Crippen molar-refractivity contribution >= 4 is 23.1 Å².